The van der Waals surface area contributed by atoms with Crippen molar-refractivity contribution in [2.24, 2.45) is 5.16 Å². The van der Waals surface area contributed by atoms with Crippen molar-refractivity contribution >= 4 is 28.5 Å². The maximum Gasteiger partial charge on any atom is 0.257 e. The number of Topliss-reactive ketones (excluding diaryl/α,β-unsaturated/α-hetero) is 1. The van der Waals surface area contributed by atoms with Crippen LogP contribution in [0.1, 0.15) is 70.3 Å². The molecule has 4 aromatic rings. The van der Waals surface area contributed by atoms with Crippen LogP contribution in [0.25, 0.3) is 0 Å². The fraction of sp³-hybridized carbons (Fsp3) is 0.250. The summed E-state index contributed by atoms with van der Waals surface area (Å²) in [5.41, 5.74) is 4.58. The predicted molar refractivity (Wildman–Crippen MR) is 166 cm³/mol. The smallest absolute Gasteiger partial charge is 0.257 e. The third-order valence-electron chi connectivity index (χ3n) is 7.91. The van der Waals surface area contributed by atoms with E-state index in [-0.39, 0.29) is 5.78 Å². The number of carbonyl (C=O) groups excluding carboxylic acids is 2. The van der Waals surface area contributed by atoms with Gasteiger partial charge in [-0.2, -0.15) is 0 Å². The number of halogens is 1. The molecule has 4 aromatic carbocycles. The van der Waals surface area contributed by atoms with E-state index in [1.807, 2.05) is 97.1 Å². The van der Waals surface area contributed by atoms with Crippen LogP contribution < -0.4 is 0 Å². The number of hydrogen-bond acceptors (Lipinski definition) is 5. The van der Waals surface area contributed by atoms with Crippen molar-refractivity contribution in [1.82, 2.24) is 0 Å². The molecule has 42 heavy (non-hydrogen) atoms. The molecule has 0 bridgehead atoms. The lowest BCUT2D eigenvalue weighted by atomic mass is 9.65. The Morgan fingerprint density at radius 2 is 1.24 bits per heavy atom. The normalized spacial score (nSPS) is 14.6. The Bertz CT molecular complexity index is 1490. The second-order valence-corrected chi connectivity index (χ2v) is 11.1. The highest BCUT2D eigenvalue weighted by molar-refractivity contribution is 6.67. The molecule has 0 amide bonds. The Morgan fingerprint density at radius 1 is 0.667 bits per heavy atom. The second kappa shape index (κ2) is 14.1. The molecular formula is C36H34ClNO4. The van der Waals surface area contributed by atoms with E-state index in [2.05, 4.69) is 5.16 Å². The van der Waals surface area contributed by atoms with Crippen molar-refractivity contribution < 1.29 is 19.2 Å². The zero-order valence-corrected chi connectivity index (χ0v) is 24.3. The largest absolute Gasteiger partial charge is 0.470 e. The zero-order chi connectivity index (χ0) is 29.2. The SMILES string of the molecule is O=C(Cl)c1ccc(C2(C(=O)Cc3ccc(/C(=N/OCc4ccccc4)OCc4ccccc4)cc3)CCCCC2)cc1. The summed E-state index contributed by atoms with van der Waals surface area (Å²) < 4.78 is 6.09. The molecule has 0 unspecified atom stereocenters. The molecule has 0 saturated heterocycles. The molecule has 214 valence electrons. The maximum atomic E-state index is 13.9. The molecule has 5 rings (SSSR count). The summed E-state index contributed by atoms with van der Waals surface area (Å²) >= 11 is 5.66. The molecule has 5 nitrogen and oxygen atoms in total. The highest BCUT2D eigenvalue weighted by atomic mass is 35.5. The molecule has 0 radical (unpaired) electrons. The van der Waals surface area contributed by atoms with Crippen molar-refractivity contribution in [3.05, 3.63) is 143 Å². The van der Waals surface area contributed by atoms with E-state index in [9.17, 15) is 9.59 Å². The van der Waals surface area contributed by atoms with Crippen LogP contribution in [-0.2, 0) is 39.4 Å². The van der Waals surface area contributed by atoms with Crippen LogP contribution in [0.4, 0.5) is 0 Å². The lowest BCUT2D eigenvalue weighted by Crippen LogP contribution is -2.39. The Balaban J connectivity index is 1.32. The van der Waals surface area contributed by atoms with Crippen LogP contribution in [-0.4, -0.2) is 16.9 Å². The van der Waals surface area contributed by atoms with Gasteiger partial charge in [-0.1, -0.05) is 104 Å². The van der Waals surface area contributed by atoms with Crippen molar-refractivity contribution in [3.63, 3.8) is 0 Å². The standard InChI is InChI=1S/C36H34ClNO4/c37-34(40)30-18-20-32(21-19-30)36(22-8-3-9-23-36)33(39)24-27-14-16-31(17-15-27)35(41-25-28-10-4-1-5-11-28)38-42-26-29-12-6-2-7-13-29/h1-2,4-7,10-21H,3,8-9,22-26H2/b38-35-. The van der Waals surface area contributed by atoms with Gasteiger partial charge in [-0.25, -0.2) is 0 Å². The van der Waals surface area contributed by atoms with E-state index in [1.165, 1.54) is 0 Å². The Morgan fingerprint density at radius 3 is 1.83 bits per heavy atom. The molecule has 0 aliphatic heterocycles. The first-order chi connectivity index (χ1) is 20.5. The van der Waals surface area contributed by atoms with Crippen molar-refractivity contribution in [2.45, 2.75) is 57.2 Å². The molecule has 6 heteroatoms. The van der Waals surface area contributed by atoms with E-state index < -0.39 is 10.7 Å². The average molecular weight is 580 g/mol. The van der Waals surface area contributed by atoms with Crippen LogP contribution in [0.2, 0.25) is 0 Å². The Kier molecular flexibility index (Phi) is 9.83. The predicted octanol–water partition coefficient (Wildman–Crippen LogP) is 8.17. The van der Waals surface area contributed by atoms with Crippen LogP contribution in [0.3, 0.4) is 0 Å². The molecule has 0 aromatic heterocycles. The van der Waals surface area contributed by atoms with Crippen LogP contribution >= 0.6 is 11.6 Å². The molecule has 0 heterocycles. The van der Waals surface area contributed by atoms with Crippen molar-refractivity contribution in [3.8, 4) is 0 Å². The minimum absolute atomic E-state index is 0.195. The number of benzene rings is 4. The molecule has 0 N–H and O–H groups in total. The fourth-order valence-corrected chi connectivity index (χ4v) is 5.68. The topological polar surface area (TPSA) is 65.0 Å². The summed E-state index contributed by atoms with van der Waals surface area (Å²) in [6.07, 6.45) is 5.06. The van der Waals surface area contributed by atoms with Gasteiger partial charge in [0.15, 0.2) is 0 Å². The second-order valence-electron chi connectivity index (χ2n) is 10.7. The molecule has 1 fully saturated rings. The quantitative estimate of drug-likeness (QED) is 0.0778. The van der Waals surface area contributed by atoms with E-state index >= 15 is 0 Å². The summed E-state index contributed by atoms with van der Waals surface area (Å²) in [5.74, 6) is 0.575. The fourth-order valence-electron chi connectivity index (χ4n) is 5.55. The van der Waals surface area contributed by atoms with Crippen molar-refractivity contribution in [1.29, 1.82) is 0 Å². The maximum absolute atomic E-state index is 13.9. The lowest BCUT2D eigenvalue weighted by Gasteiger charge is -2.36. The van der Waals surface area contributed by atoms with Gasteiger partial charge in [0.25, 0.3) is 11.1 Å². The van der Waals surface area contributed by atoms with Gasteiger partial charge < -0.3 is 9.57 Å². The molecule has 1 saturated carbocycles. The minimum Gasteiger partial charge on any atom is -0.470 e. The van der Waals surface area contributed by atoms with Gasteiger partial charge in [0.05, 0.1) is 5.41 Å². The Labute approximate surface area is 252 Å². The number of ether oxygens (including phenoxy) is 1. The zero-order valence-electron chi connectivity index (χ0n) is 23.5. The van der Waals surface area contributed by atoms with Crippen molar-refractivity contribution in [2.75, 3.05) is 0 Å². The summed E-state index contributed by atoms with van der Waals surface area (Å²) in [6, 6.07) is 34.7. The van der Waals surface area contributed by atoms with Crippen LogP contribution in [0.5, 0.6) is 0 Å². The molecule has 0 atom stereocenters. The third-order valence-corrected chi connectivity index (χ3v) is 8.13. The number of carbonyl (C=O) groups is 2. The third kappa shape index (κ3) is 7.34. The summed E-state index contributed by atoms with van der Waals surface area (Å²) in [7, 11) is 0. The Hall–Kier alpha value is -4.22. The number of rotatable bonds is 11. The average Bonchev–Trinajstić information content (AvgIpc) is 3.04. The molecular weight excluding hydrogens is 546 g/mol. The van der Waals surface area contributed by atoms with Gasteiger partial charge in [-0.05, 0) is 76.1 Å². The van der Waals surface area contributed by atoms with E-state index in [1.54, 1.807) is 12.1 Å². The summed E-state index contributed by atoms with van der Waals surface area (Å²) in [4.78, 5) is 31.1. The molecule has 1 aliphatic carbocycles. The highest BCUT2D eigenvalue weighted by Gasteiger charge is 2.40. The van der Waals surface area contributed by atoms with Crippen LogP contribution in [0.15, 0.2) is 114 Å². The van der Waals surface area contributed by atoms with E-state index in [0.717, 1.165) is 59.9 Å². The highest BCUT2D eigenvalue weighted by Crippen LogP contribution is 2.41. The number of ketones is 1. The van der Waals surface area contributed by atoms with Gasteiger partial charge in [-0.15, -0.1) is 0 Å². The van der Waals surface area contributed by atoms with Gasteiger partial charge in [0.1, 0.15) is 19.0 Å². The molecule has 0 spiro atoms. The van der Waals surface area contributed by atoms with Gasteiger partial charge >= 0.3 is 0 Å². The lowest BCUT2D eigenvalue weighted by molar-refractivity contribution is -0.125. The first-order valence-electron chi connectivity index (χ1n) is 14.4. The van der Waals surface area contributed by atoms with E-state index in [4.69, 9.17) is 21.2 Å². The number of hydrogen-bond donors (Lipinski definition) is 0. The first-order valence-corrected chi connectivity index (χ1v) is 14.7. The first kappa shape index (κ1) is 29.3. The van der Waals surface area contributed by atoms with Gasteiger partial charge in [-0.3, -0.25) is 9.59 Å². The number of nitrogens with zero attached hydrogens (tertiary/aromatic N) is 1. The summed E-state index contributed by atoms with van der Waals surface area (Å²) in [6.45, 7) is 0.680. The van der Waals surface area contributed by atoms with Crippen LogP contribution in [0, 0.1) is 0 Å². The van der Waals surface area contributed by atoms with E-state index in [0.29, 0.717) is 31.1 Å². The molecule has 1 aliphatic rings. The monoisotopic (exact) mass is 579 g/mol. The minimum atomic E-state index is -0.554. The summed E-state index contributed by atoms with van der Waals surface area (Å²) in [5, 5.41) is 3.84. The van der Waals surface area contributed by atoms with Gasteiger partial charge in [0, 0.05) is 17.5 Å². The number of oxime groups is 1. The van der Waals surface area contributed by atoms with Gasteiger partial charge in [0.2, 0.25) is 0 Å².